The topological polar surface area (TPSA) is 73.8 Å². The molecule has 0 fully saturated rings. The Hall–Kier alpha value is -2.17. The molecule has 0 saturated heterocycles. The number of aromatic nitrogens is 3. The van der Waals surface area contributed by atoms with E-state index in [1.165, 1.54) is 0 Å². The standard InChI is InChI=1S/C12H14N4O/c1-7-4-5-10(11(13)17)12(14-7)16-9(3)6-8(2)15-16/h4-6H,1-3H3,(H2,13,17). The summed E-state index contributed by atoms with van der Waals surface area (Å²) in [6.07, 6.45) is 0. The number of nitrogens with two attached hydrogens (primary N) is 1. The van der Waals surface area contributed by atoms with Gasteiger partial charge in [-0.1, -0.05) is 0 Å². The van der Waals surface area contributed by atoms with Gasteiger partial charge < -0.3 is 5.73 Å². The molecule has 0 saturated carbocycles. The zero-order valence-electron chi connectivity index (χ0n) is 10.1. The minimum absolute atomic E-state index is 0.377. The molecule has 17 heavy (non-hydrogen) atoms. The first-order valence-electron chi connectivity index (χ1n) is 5.30. The van der Waals surface area contributed by atoms with Gasteiger partial charge in [0.2, 0.25) is 0 Å². The predicted octanol–water partition coefficient (Wildman–Crippen LogP) is 1.29. The lowest BCUT2D eigenvalue weighted by molar-refractivity contribution is 0.1000. The average molecular weight is 230 g/mol. The van der Waals surface area contributed by atoms with Crippen molar-refractivity contribution in [3.05, 3.63) is 40.8 Å². The summed E-state index contributed by atoms with van der Waals surface area (Å²) in [5, 5.41) is 4.31. The Labute approximate surface area is 99.3 Å². The molecule has 5 nitrogen and oxygen atoms in total. The van der Waals surface area contributed by atoms with Gasteiger partial charge in [0.15, 0.2) is 5.82 Å². The number of hydrogen-bond acceptors (Lipinski definition) is 3. The van der Waals surface area contributed by atoms with Crippen LogP contribution < -0.4 is 5.73 Å². The van der Waals surface area contributed by atoms with Gasteiger partial charge in [-0.15, -0.1) is 0 Å². The molecule has 0 radical (unpaired) electrons. The van der Waals surface area contributed by atoms with E-state index >= 15 is 0 Å². The lowest BCUT2D eigenvalue weighted by Gasteiger charge is -2.08. The molecule has 0 aliphatic carbocycles. The number of carbonyl (C=O) groups is 1. The van der Waals surface area contributed by atoms with Gasteiger partial charge in [0, 0.05) is 11.4 Å². The third-order valence-corrected chi connectivity index (χ3v) is 2.49. The molecular weight excluding hydrogens is 216 g/mol. The van der Waals surface area contributed by atoms with Crippen molar-refractivity contribution in [1.82, 2.24) is 14.8 Å². The number of carbonyl (C=O) groups excluding carboxylic acids is 1. The van der Waals surface area contributed by atoms with E-state index in [4.69, 9.17) is 5.73 Å². The summed E-state index contributed by atoms with van der Waals surface area (Å²) in [6, 6.07) is 5.36. The fraction of sp³-hybridized carbons (Fsp3) is 0.250. The van der Waals surface area contributed by atoms with Crippen molar-refractivity contribution in [2.24, 2.45) is 5.73 Å². The van der Waals surface area contributed by atoms with E-state index in [2.05, 4.69) is 10.1 Å². The molecule has 0 bridgehead atoms. The maximum atomic E-state index is 11.4. The maximum absolute atomic E-state index is 11.4. The zero-order valence-corrected chi connectivity index (χ0v) is 10.1. The Balaban J connectivity index is 2.69. The first kappa shape index (κ1) is 11.3. The summed E-state index contributed by atoms with van der Waals surface area (Å²) in [5.41, 5.74) is 8.33. The second-order valence-electron chi connectivity index (χ2n) is 4.03. The van der Waals surface area contributed by atoms with Gasteiger partial charge in [0.05, 0.1) is 11.3 Å². The second kappa shape index (κ2) is 4.01. The molecule has 0 atom stereocenters. The highest BCUT2D eigenvalue weighted by Crippen LogP contribution is 2.15. The number of amides is 1. The lowest BCUT2D eigenvalue weighted by atomic mass is 10.2. The van der Waals surface area contributed by atoms with Gasteiger partial charge in [0.1, 0.15) is 0 Å². The van der Waals surface area contributed by atoms with Crippen molar-refractivity contribution in [3.8, 4) is 5.82 Å². The molecule has 5 heteroatoms. The number of aryl methyl sites for hydroxylation is 3. The van der Waals surface area contributed by atoms with E-state index in [1.54, 1.807) is 16.8 Å². The Kier molecular flexibility index (Phi) is 2.67. The minimum Gasteiger partial charge on any atom is -0.365 e. The van der Waals surface area contributed by atoms with Crippen molar-refractivity contribution >= 4 is 5.91 Å². The molecule has 2 aromatic rings. The highest BCUT2D eigenvalue weighted by molar-refractivity contribution is 5.95. The SMILES string of the molecule is Cc1ccc(C(N)=O)c(-n2nc(C)cc2C)n1. The minimum atomic E-state index is -0.500. The van der Waals surface area contributed by atoms with Crippen LogP contribution in [-0.4, -0.2) is 20.7 Å². The van der Waals surface area contributed by atoms with Crippen molar-refractivity contribution < 1.29 is 4.79 Å². The van der Waals surface area contributed by atoms with Crippen LogP contribution in [0.5, 0.6) is 0 Å². The van der Waals surface area contributed by atoms with Gasteiger partial charge in [-0.3, -0.25) is 4.79 Å². The molecular formula is C12H14N4O. The molecule has 2 rings (SSSR count). The number of rotatable bonds is 2. The summed E-state index contributed by atoms with van der Waals surface area (Å²) in [6.45, 7) is 5.66. The fourth-order valence-corrected chi connectivity index (χ4v) is 1.74. The third kappa shape index (κ3) is 2.04. The van der Waals surface area contributed by atoms with E-state index in [0.717, 1.165) is 17.1 Å². The number of nitrogens with zero attached hydrogens (tertiary/aromatic N) is 3. The largest absolute Gasteiger partial charge is 0.365 e. The Bertz CT molecular complexity index is 586. The number of pyridine rings is 1. The van der Waals surface area contributed by atoms with E-state index < -0.39 is 5.91 Å². The van der Waals surface area contributed by atoms with Gasteiger partial charge in [-0.2, -0.15) is 5.10 Å². The van der Waals surface area contributed by atoms with Crippen molar-refractivity contribution in [3.63, 3.8) is 0 Å². The lowest BCUT2D eigenvalue weighted by Crippen LogP contribution is -2.17. The monoisotopic (exact) mass is 230 g/mol. The van der Waals surface area contributed by atoms with Crippen LogP contribution in [-0.2, 0) is 0 Å². The zero-order chi connectivity index (χ0) is 12.6. The van der Waals surface area contributed by atoms with E-state index in [9.17, 15) is 4.79 Å². The van der Waals surface area contributed by atoms with Gasteiger partial charge in [0.25, 0.3) is 5.91 Å². The highest BCUT2D eigenvalue weighted by atomic mass is 16.1. The molecule has 2 N–H and O–H groups in total. The van der Waals surface area contributed by atoms with Crippen LogP contribution in [0.25, 0.3) is 5.82 Å². The second-order valence-corrected chi connectivity index (χ2v) is 4.03. The van der Waals surface area contributed by atoms with Crippen LogP contribution in [0.3, 0.4) is 0 Å². The third-order valence-electron chi connectivity index (χ3n) is 2.49. The van der Waals surface area contributed by atoms with Crippen molar-refractivity contribution in [1.29, 1.82) is 0 Å². The van der Waals surface area contributed by atoms with Crippen LogP contribution >= 0.6 is 0 Å². The molecule has 0 unspecified atom stereocenters. The van der Waals surface area contributed by atoms with Gasteiger partial charge >= 0.3 is 0 Å². The van der Waals surface area contributed by atoms with Crippen LogP contribution in [0.2, 0.25) is 0 Å². The average Bonchev–Trinajstić information content (AvgIpc) is 2.57. The summed E-state index contributed by atoms with van der Waals surface area (Å²) < 4.78 is 1.64. The summed E-state index contributed by atoms with van der Waals surface area (Å²) in [5.74, 6) is -0.0110. The summed E-state index contributed by atoms with van der Waals surface area (Å²) in [4.78, 5) is 15.7. The Morgan fingerprint density at radius 3 is 2.47 bits per heavy atom. The molecule has 0 aliphatic rings. The normalized spacial score (nSPS) is 10.5. The van der Waals surface area contributed by atoms with E-state index in [1.807, 2.05) is 26.8 Å². The van der Waals surface area contributed by atoms with E-state index in [-0.39, 0.29) is 0 Å². The van der Waals surface area contributed by atoms with Gasteiger partial charge in [-0.05, 0) is 39.0 Å². The van der Waals surface area contributed by atoms with E-state index in [0.29, 0.717) is 11.4 Å². The fourth-order valence-electron chi connectivity index (χ4n) is 1.74. The molecule has 0 aromatic carbocycles. The smallest absolute Gasteiger partial charge is 0.252 e. The molecule has 1 amide bonds. The number of hydrogen-bond donors (Lipinski definition) is 1. The van der Waals surface area contributed by atoms with Crippen LogP contribution in [0.1, 0.15) is 27.4 Å². The quantitative estimate of drug-likeness (QED) is 0.844. The Morgan fingerprint density at radius 2 is 1.94 bits per heavy atom. The Morgan fingerprint density at radius 1 is 1.24 bits per heavy atom. The van der Waals surface area contributed by atoms with Crippen LogP contribution in [0, 0.1) is 20.8 Å². The molecule has 0 spiro atoms. The molecule has 2 heterocycles. The summed E-state index contributed by atoms with van der Waals surface area (Å²) >= 11 is 0. The summed E-state index contributed by atoms with van der Waals surface area (Å²) in [7, 11) is 0. The van der Waals surface area contributed by atoms with Gasteiger partial charge in [-0.25, -0.2) is 9.67 Å². The molecule has 88 valence electrons. The predicted molar refractivity (Wildman–Crippen MR) is 64.1 cm³/mol. The maximum Gasteiger partial charge on any atom is 0.252 e. The number of primary amides is 1. The van der Waals surface area contributed by atoms with Crippen LogP contribution in [0.4, 0.5) is 0 Å². The molecule has 2 aromatic heterocycles. The molecule has 0 aliphatic heterocycles. The first-order chi connectivity index (χ1) is 7.99. The van der Waals surface area contributed by atoms with Crippen molar-refractivity contribution in [2.75, 3.05) is 0 Å². The highest BCUT2D eigenvalue weighted by Gasteiger charge is 2.14. The first-order valence-corrected chi connectivity index (χ1v) is 5.30. The van der Waals surface area contributed by atoms with Crippen LogP contribution in [0.15, 0.2) is 18.2 Å². The van der Waals surface area contributed by atoms with Crippen molar-refractivity contribution in [2.45, 2.75) is 20.8 Å².